The SMILES string of the molecule is O=C1CC2(CCCOCC2)N1S(=O)(=O)Cl. The molecule has 0 bridgehead atoms. The molecule has 5 nitrogen and oxygen atoms in total. The summed E-state index contributed by atoms with van der Waals surface area (Å²) in [6, 6.07) is 0. The summed E-state index contributed by atoms with van der Waals surface area (Å²) in [4.78, 5) is 11.3. The van der Waals surface area contributed by atoms with Gasteiger partial charge in [0.25, 0.3) is 0 Å². The molecule has 0 aliphatic carbocycles. The van der Waals surface area contributed by atoms with E-state index >= 15 is 0 Å². The fourth-order valence-corrected chi connectivity index (χ4v) is 4.01. The molecule has 1 spiro atoms. The second kappa shape index (κ2) is 3.61. The third-order valence-electron chi connectivity index (χ3n) is 3.00. The number of hydrogen-bond donors (Lipinski definition) is 0. The van der Waals surface area contributed by atoms with Gasteiger partial charge in [0, 0.05) is 23.9 Å². The van der Waals surface area contributed by atoms with Crippen LogP contribution >= 0.6 is 10.7 Å². The Labute approximate surface area is 92.9 Å². The molecule has 2 rings (SSSR count). The molecule has 0 aromatic rings. The van der Waals surface area contributed by atoms with E-state index in [-0.39, 0.29) is 6.42 Å². The van der Waals surface area contributed by atoms with Crippen molar-refractivity contribution >= 4 is 25.8 Å². The zero-order valence-electron chi connectivity index (χ0n) is 8.11. The zero-order chi connectivity index (χ0) is 11.1. The summed E-state index contributed by atoms with van der Waals surface area (Å²) < 4.78 is 28.6. The molecule has 2 fully saturated rings. The standard InChI is InChI=1S/C8H12ClNO4S/c9-15(12,13)10-7(11)6-8(10)2-1-4-14-5-3-8/h1-6H2. The summed E-state index contributed by atoms with van der Waals surface area (Å²) in [5, 5.41) is 0. The predicted molar refractivity (Wildman–Crippen MR) is 53.6 cm³/mol. The first-order valence-corrected chi connectivity index (χ1v) is 7.08. The van der Waals surface area contributed by atoms with Gasteiger partial charge in [0.1, 0.15) is 0 Å². The first-order chi connectivity index (χ1) is 6.96. The van der Waals surface area contributed by atoms with E-state index in [2.05, 4.69) is 0 Å². The fraction of sp³-hybridized carbons (Fsp3) is 0.875. The van der Waals surface area contributed by atoms with Crippen molar-refractivity contribution in [3.63, 3.8) is 0 Å². The molecule has 1 unspecified atom stereocenters. The Morgan fingerprint density at radius 1 is 1.33 bits per heavy atom. The van der Waals surface area contributed by atoms with Gasteiger partial charge in [0.05, 0.1) is 12.0 Å². The molecule has 0 radical (unpaired) electrons. The van der Waals surface area contributed by atoms with Crippen molar-refractivity contribution in [2.45, 2.75) is 31.2 Å². The van der Waals surface area contributed by atoms with E-state index in [9.17, 15) is 13.2 Å². The molecule has 1 atom stereocenters. The molecule has 2 aliphatic rings. The molecule has 1 amide bonds. The second-order valence-corrected chi connectivity index (χ2v) is 6.33. The molecule has 7 heteroatoms. The molecule has 2 saturated heterocycles. The van der Waals surface area contributed by atoms with E-state index < -0.39 is 20.7 Å². The number of hydrogen-bond acceptors (Lipinski definition) is 4. The van der Waals surface area contributed by atoms with Crippen LogP contribution in [-0.2, 0) is 18.8 Å². The van der Waals surface area contributed by atoms with Gasteiger partial charge < -0.3 is 4.74 Å². The van der Waals surface area contributed by atoms with E-state index in [1.54, 1.807) is 0 Å². The van der Waals surface area contributed by atoms with Gasteiger partial charge in [-0.15, -0.1) is 0 Å². The largest absolute Gasteiger partial charge is 0.381 e. The van der Waals surface area contributed by atoms with Crippen molar-refractivity contribution in [1.29, 1.82) is 0 Å². The van der Waals surface area contributed by atoms with Crippen LogP contribution in [0.3, 0.4) is 0 Å². The van der Waals surface area contributed by atoms with Crippen molar-refractivity contribution in [2.24, 2.45) is 0 Å². The Kier molecular flexibility index (Phi) is 2.68. The molecule has 2 heterocycles. The van der Waals surface area contributed by atoms with E-state index in [1.807, 2.05) is 0 Å². The highest BCUT2D eigenvalue weighted by Gasteiger charge is 2.55. The highest BCUT2D eigenvalue weighted by atomic mass is 35.7. The molecule has 86 valence electrons. The summed E-state index contributed by atoms with van der Waals surface area (Å²) in [6.07, 6.45) is 2.22. The van der Waals surface area contributed by atoms with Crippen molar-refractivity contribution in [3.05, 3.63) is 0 Å². The number of nitrogens with zero attached hydrogens (tertiary/aromatic N) is 1. The minimum absolute atomic E-state index is 0.266. The smallest absolute Gasteiger partial charge is 0.324 e. The topological polar surface area (TPSA) is 63.7 Å². The Hall–Kier alpha value is -0.330. The van der Waals surface area contributed by atoms with Gasteiger partial charge >= 0.3 is 9.24 Å². The lowest BCUT2D eigenvalue weighted by Crippen LogP contribution is -2.64. The molecule has 15 heavy (non-hydrogen) atoms. The fourth-order valence-electron chi connectivity index (χ4n) is 2.32. The van der Waals surface area contributed by atoms with E-state index in [1.165, 1.54) is 0 Å². The summed E-state index contributed by atoms with van der Waals surface area (Å²) in [5.41, 5.74) is -0.603. The lowest BCUT2D eigenvalue weighted by Gasteiger charge is -2.48. The van der Waals surface area contributed by atoms with Crippen LogP contribution in [0.25, 0.3) is 0 Å². The van der Waals surface area contributed by atoms with Gasteiger partial charge in [0.15, 0.2) is 0 Å². The number of halogens is 1. The average molecular weight is 254 g/mol. The molecule has 0 aromatic heterocycles. The molecule has 0 N–H and O–H groups in total. The first kappa shape index (κ1) is 11.2. The highest BCUT2D eigenvalue weighted by Crippen LogP contribution is 2.43. The maximum atomic E-state index is 11.3. The molecular formula is C8H12ClNO4S. The van der Waals surface area contributed by atoms with Crippen LogP contribution in [0, 0.1) is 0 Å². The Balaban J connectivity index is 2.25. The van der Waals surface area contributed by atoms with Gasteiger partial charge in [0.2, 0.25) is 5.91 Å². The summed E-state index contributed by atoms with van der Waals surface area (Å²) >= 11 is 0. The minimum atomic E-state index is -3.94. The lowest BCUT2D eigenvalue weighted by atomic mass is 9.80. The third-order valence-corrected chi connectivity index (χ3v) is 4.44. The predicted octanol–water partition coefficient (Wildman–Crippen LogP) is 0.642. The number of carbonyl (C=O) groups is 1. The Bertz CT molecular complexity index is 372. The van der Waals surface area contributed by atoms with Crippen molar-refractivity contribution in [1.82, 2.24) is 4.31 Å². The first-order valence-electron chi connectivity index (χ1n) is 4.81. The number of amides is 1. The summed E-state index contributed by atoms with van der Waals surface area (Å²) in [5.74, 6) is -0.410. The molecular weight excluding hydrogens is 242 g/mol. The van der Waals surface area contributed by atoms with Gasteiger partial charge in [-0.2, -0.15) is 8.42 Å². The molecule has 0 aromatic carbocycles. The van der Waals surface area contributed by atoms with Crippen molar-refractivity contribution in [3.8, 4) is 0 Å². The Morgan fingerprint density at radius 3 is 2.67 bits per heavy atom. The van der Waals surface area contributed by atoms with Crippen LogP contribution < -0.4 is 0 Å². The maximum Gasteiger partial charge on any atom is 0.324 e. The number of β-lactam (4-membered cyclic amide) rings is 1. The Morgan fingerprint density at radius 2 is 2.07 bits per heavy atom. The monoisotopic (exact) mass is 253 g/mol. The van der Waals surface area contributed by atoms with Gasteiger partial charge in [-0.05, 0) is 19.3 Å². The van der Waals surface area contributed by atoms with Crippen molar-refractivity contribution in [2.75, 3.05) is 13.2 Å². The van der Waals surface area contributed by atoms with Crippen LogP contribution in [0.5, 0.6) is 0 Å². The van der Waals surface area contributed by atoms with Gasteiger partial charge in [-0.25, -0.2) is 4.31 Å². The number of carbonyl (C=O) groups excluding carboxylic acids is 1. The molecule has 0 saturated carbocycles. The quantitative estimate of drug-likeness (QED) is 0.508. The zero-order valence-corrected chi connectivity index (χ0v) is 9.68. The van der Waals surface area contributed by atoms with Gasteiger partial charge in [-0.3, -0.25) is 4.79 Å². The minimum Gasteiger partial charge on any atom is -0.381 e. The highest BCUT2D eigenvalue weighted by molar-refractivity contribution is 8.12. The van der Waals surface area contributed by atoms with Crippen LogP contribution in [0.2, 0.25) is 0 Å². The third kappa shape index (κ3) is 1.86. The number of rotatable bonds is 1. The number of ether oxygens (including phenoxy) is 1. The summed E-state index contributed by atoms with van der Waals surface area (Å²) in [6.45, 7) is 1.10. The van der Waals surface area contributed by atoms with Crippen LogP contribution in [0.15, 0.2) is 0 Å². The van der Waals surface area contributed by atoms with Crippen LogP contribution in [-0.4, -0.2) is 37.4 Å². The van der Waals surface area contributed by atoms with E-state index in [0.29, 0.717) is 26.1 Å². The van der Waals surface area contributed by atoms with E-state index in [0.717, 1.165) is 10.7 Å². The second-order valence-electron chi connectivity index (χ2n) is 3.97. The van der Waals surface area contributed by atoms with E-state index in [4.69, 9.17) is 15.4 Å². The average Bonchev–Trinajstić information content (AvgIpc) is 2.27. The van der Waals surface area contributed by atoms with Crippen molar-refractivity contribution < 1.29 is 17.9 Å². The normalized spacial score (nSPS) is 32.6. The summed E-state index contributed by atoms with van der Waals surface area (Å²) in [7, 11) is 1.30. The lowest BCUT2D eigenvalue weighted by molar-refractivity contribution is -0.146. The van der Waals surface area contributed by atoms with Crippen LogP contribution in [0.4, 0.5) is 0 Å². The van der Waals surface area contributed by atoms with Crippen LogP contribution in [0.1, 0.15) is 25.7 Å². The van der Waals surface area contributed by atoms with Gasteiger partial charge in [-0.1, -0.05) is 0 Å². The maximum absolute atomic E-state index is 11.3. The molecule has 2 aliphatic heterocycles.